The summed E-state index contributed by atoms with van der Waals surface area (Å²) in [6.45, 7) is 10.3. The Labute approximate surface area is 126 Å². The third-order valence-electron chi connectivity index (χ3n) is 3.24. The summed E-state index contributed by atoms with van der Waals surface area (Å²) >= 11 is 0. The summed E-state index contributed by atoms with van der Waals surface area (Å²) in [6.07, 6.45) is -0.121. The van der Waals surface area contributed by atoms with Crippen molar-refractivity contribution in [2.75, 3.05) is 19.6 Å². The van der Waals surface area contributed by atoms with Crippen molar-refractivity contribution >= 4 is 17.9 Å². The van der Waals surface area contributed by atoms with Crippen molar-refractivity contribution in [3.63, 3.8) is 0 Å². The smallest absolute Gasteiger partial charge is 0.318 e. The summed E-state index contributed by atoms with van der Waals surface area (Å²) < 4.78 is 0. The van der Waals surface area contributed by atoms with Gasteiger partial charge in [0.25, 0.3) is 0 Å². The third-order valence-corrected chi connectivity index (χ3v) is 3.24. The number of carbonyl (C=O) groups is 3. The zero-order valence-electron chi connectivity index (χ0n) is 13.5. The number of carbonyl (C=O) groups excluding carboxylic acids is 2. The standard InChI is InChI=1S/C14H27N3O4/c1-6-16(7-2)13(20)11(5)15-14(21)17(10(3)4)9-8-12(18)19/h10-11H,6-9H2,1-5H3,(H,15,21)(H,18,19). The topological polar surface area (TPSA) is 90.0 Å². The summed E-state index contributed by atoms with van der Waals surface area (Å²) in [6, 6.07) is -1.19. The van der Waals surface area contributed by atoms with E-state index in [-0.39, 0.29) is 24.9 Å². The van der Waals surface area contributed by atoms with Crippen molar-refractivity contribution in [3.05, 3.63) is 0 Å². The lowest BCUT2D eigenvalue weighted by atomic mass is 10.2. The van der Waals surface area contributed by atoms with Gasteiger partial charge in [0.05, 0.1) is 6.42 Å². The number of nitrogens with one attached hydrogen (secondary N) is 1. The average Bonchev–Trinajstić information content (AvgIpc) is 2.39. The predicted octanol–water partition coefficient (Wildman–Crippen LogP) is 1.14. The molecule has 0 spiro atoms. The number of rotatable bonds is 8. The third kappa shape index (κ3) is 6.46. The minimum atomic E-state index is -0.958. The van der Waals surface area contributed by atoms with E-state index in [0.717, 1.165) is 0 Å². The van der Waals surface area contributed by atoms with Crippen molar-refractivity contribution in [2.24, 2.45) is 0 Å². The van der Waals surface area contributed by atoms with Crippen molar-refractivity contribution in [1.29, 1.82) is 0 Å². The number of urea groups is 1. The lowest BCUT2D eigenvalue weighted by Gasteiger charge is -2.29. The van der Waals surface area contributed by atoms with Crippen molar-refractivity contribution < 1.29 is 19.5 Å². The number of nitrogens with zero attached hydrogens (tertiary/aromatic N) is 2. The first-order valence-electron chi connectivity index (χ1n) is 7.32. The molecule has 0 aliphatic heterocycles. The molecular formula is C14H27N3O4. The number of amides is 3. The molecule has 1 atom stereocenters. The van der Waals surface area contributed by atoms with E-state index in [1.807, 2.05) is 13.8 Å². The van der Waals surface area contributed by atoms with E-state index in [9.17, 15) is 14.4 Å². The van der Waals surface area contributed by atoms with Gasteiger partial charge in [0.15, 0.2) is 0 Å². The fourth-order valence-corrected chi connectivity index (χ4v) is 1.95. The van der Waals surface area contributed by atoms with Crippen molar-refractivity contribution in [3.8, 4) is 0 Å². The highest BCUT2D eigenvalue weighted by atomic mass is 16.4. The van der Waals surface area contributed by atoms with Gasteiger partial charge in [0, 0.05) is 25.7 Å². The van der Waals surface area contributed by atoms with Crippen LogP contribution in [0.2, 0.25) is 0 Å². The molecule has 0 bridgehead atoms. The van der Waals surface area contributed by atoms with Gasteiger partial charge in [0.1, 0.15) is 6.04 Å². The summed E-state index contributed by atoms with van der Waals surface area (Å²) in [5.41, 5.74) is 0. The van der Waals surface area contributed by atoms with Gasteiger partial charge >= 0.3 is 12.0 Å². The quantitative estimate of drug-likeness (QED) is 0.703. The highest BCUT2D eigenvalue weighted by molar-refractivity contribution is 5.87. The number of carboxylic acids is 1. The molecule has 0 fully saturated rings. The SMILES string of the molecule is CCN(CC)C(=O)C(C)NC(=O)N(CCC(=O)O)C(C)C. The average molecular weight is 301 g/mol. The van der Waals surface area contributed by atoms with Gasteiger partial charge in [-0.25, -0.2) is 4.79 Å². The van der Waals surface area contributed by atoms with Crippen LogP contribution in [0, 0.1) is 0 Å². The van der Waals surface area contributed by atoms with Crippen LogP contribution in [0.5, 0.6) is 0 Å². The Morgan fingerprint density at radius 3 is 2.00 bits per heavy atom. The second kappa shape index (κ2) is 9.20. The molecule has 7 nitrogen and oxygen atoms in total. The van der Waals surface area contributed by atoms with Gasteiger partial charge in [-0.2, -0.15) is 0 Å². The van der Waals surface area contributed by atoms with Gasteiger partial charge in [-0.1, -0.05) is 0 Å². The van der Waals surface area contributed by atoms with E-state index in [0.29, 0.717) is 13.1 Å². The van der Waals surface area contributed by atoms with Gasteiger partial charge in [-0.15, -0.1) is 0 Å². The van der Waals surface area contributed by atoms with Crippen molar-refractivity contribution in [2.45, 2.75) is 53.1 Å². The van der Waals surface area contributed by atoms with Gasteiger partial charge in [-0.3, -0.25) is 9.59 Å². The minimum Gasteiger partial charge on any atom is -0.481 e. The summed E-state index contributed by atoms with van der Waals surface area (Å²) in [5, 5.41) is 11.4. The number of carboxylic acid groups (broad SMARTS) is 1. The Kier molecular flexibility index (Phi) is 8.42. The van der Waals surface area contributed by atoms with Crippen LogP contribution in [0.1, 0.15) is 41.0 Å². The fraction of sp³-hybridized carbons (Fsp3) is 0.786. The van der Waals surface area contributed by atoms with E-state index < -0.39 is 18.0 Å². The zero-order valence-corrected chi connectivity index (χ0v) is 13.5. The molecule has 21 heavy (non-hydrogen) atoms. The van der Waals surface area contributed by atoms with E-state index >= 15 is 0 Å². The Morgan fingerprint density at radius 1 is 1.10 bits per heavy atom. The monoisotopic (exact) mass is 301 g/mol. The Bertz CT molecular complexity index is 367. The maximum atomic E-state index is 12.2. The fourth-order valence-electron chi connectivity index (χ4n) is 1.95. The number of hydrogen-bond donors (Lipinski definition) is 2. The highest BCUT2D eigenvalue weighted by Crippen LogP contribution is 2.03. The lowest BCUT2D eigenvalue weighted by molar-refractivity contribution is -0.137. The largest absolute Gasteiger partial charge is 0.481 e. The van der Waals surface area contributed by atoms with Crippen LogP contribution >= 0.6 is 0 Å². The number of likely N-dealkylation sites (N-methyl/N-ethyl adjacent to an activating group) is 1. The van der Waals surface area contributed by atoms with E-state index in [4.69, 9.17) is 5.11 Å². The lowest BCUT2D eigenvalue weighted by Crippen LogP contribution is -2.52. The molecule has 2 N–H and O–H groups in total. The zero-order chi connectivity index (χ0) is 16.6. The molecular weight excluding hydrogens is 274 g/mol. The Hall–Kier alpha value is -1.79. The molecule has 3 amide bonds. The maximum Gasteiger partial charge on any atom is 0.318 e. The van der Waals surface area contributed by atoms with E-state index in [1.165, 1.54) is 4.90 Å². The van der Waals surface area contributed by atoms with E-state index in [1.54, 1.807) is 25.7 Å². The molecule has 0 rings (SSSR count). The van der Waals surface area contributed by atoms with E-state index in [2.05, 4.69) is 5.32 Å². The second-order valence-electron chi connectivity index (χ2n) is 5.11. The Balaban J connectivity index is 4.67. The van der Waals surface area contributed by atoms with Crippen LogP contribution in [0.3, 0.4) is 0 Å². The van der Waals surface area contributed by atoms with Crippen LogP contribution in [-0.2, 0) is 9.59 Å². The van der Waals surface area contributed by atoms with Crippen LogP contribution in [0.15, 0.2) is 0 Å². The highest BCUT2D eigenvalue weighted by Gasteiger charge is 2.24. The van der Waals surface area contributed by atoms with Crippen LogP contribution in [0.4, 0.5) is 4.79 Å². The van der Waals surface area contributed by atoms with Crippen LogP contribution in [0.25, 0.3) is 0 Å². The normalized spacial score (nSPS) is 11.9. The molecule has 0 aliphatic rings. The summed E-state index contributed by atoms with van der Waals surface area (Å²) in [4.78, 5) is 37.9. The molecule has 7 heteroatoms. The van der Waals surface area contributed by atoms with Gasteiger partial charge < -0.3 is 20.2 Å². The first kappa shape index (κ1) is 19.2. The van der Waals surface area contributed by atoms with Crippen molar-refractivity contribution in [1.82, 2.24) is 15.1 Å². The Morgan fingerprint density at radius 2 is 1.62 bits per heavy atom. The number of aliphatic carboxylic acids is 1. The van der Waals surface area contributed by atoms with Crippen LogP contribution in [-0.4, -0.2) is 64.5 Å². The first-order chi connectivity index (χ1) is 9.74. The number of hydrogen-bond acceptors (Lipinski definition) is 3. The van der Waals surface area contributed by atoms with Gasteiger partial charge in [0.2, 0.25) is 5.91 Å². The maximum absolute atomic E-state index is 12.2. The molecule has 0 aromatic rings. The van der Waals surface area contributed by atoms with Crippen LogP contribution < -0.4 is 5.32 Å². The molecule has 0 heterocycles. The second-order valence-corrected chi connectivity index (χ2v) is 5.11. The summed E-state index contributed by atoms with van der Waals surface area (Å²) in [7, 11) is 0. The molecule has 0 saturated heterocycles. The molecule has 0 aromatic carbocycles. The molecule has 0 aliphatic carbocycles. The summed E-state index contributed by atoms with van der Waals surface area (Å²) in [5.74, 6) is -1.10. The molecule has 1 unspecified atom stereocenters. The predicted molar refractivity (Wildman–Crippen MR) is 80.0 cm³/mol. The molecule has 0 radical (unpaired) electrons. The first-order valence-corrected chi connectivity index (χ1v) is 7.32. The molecule has 0 aromatic heterocycles. The molecule has 122 valence electrons. The molecule has 0 saturated carbocycles. The van der Waals surface area contributed by atoms with Gasteiger partial charge in [-0.05, 0) is 34.6 Å². The minimum absolute atomic E-state index is 0.116.